The number of allylic oxidation sites excluding steroid dienone is 3. The van der Waals surface area contributed by atoms with Gasteiger partial charge in [-0.2, -0.15) is 0 Å². The highest BCUT2D eigenvalue weighted by Gasteiger charge is 2.00. The summed E-state index contributed by atoms with van der Waals surface area (Å²) in [5, 5.41) is 0.797. The highest BCUT2D eigenvalue weighted by Crippen LogP contribution is 2.16. The molecule has 0 aromatic heterocycles. The molecule has 0 atom stereocenters. The van der Waals surface area contributed by atoms with Crippen LogP contribution in [-0.4, -0.2) is 15.6 Å². The molecule has 10 heavy (non-hydrogen) atoms. The first kappa shape index (κ1) is 8.33. The molecule has 1 rings (SSSR count). The Kier molecular flexibility index (Phi) is 3.48. The molecule has 1 aliphatic rings. The largest absolute Gasteiger partial charge is 0.298 e. The predicted octanol–water partition coefficient (Wildman–Crippen LogP) is 2.18. The fourth-order valence-corrected chi connectivity index (χ4v) is 3.52. The maximum absolute atomic E-state index is 10.4. The van der Waals surface area contributed by atoms with Crippen molar-refractivity contribution in [3.05, 3.63) is 21.3 Å². The fourth-order valence-electron chi connectivity index (χ4n) is 0.608. The first-order valence-electron chi connectivity index (χ1n) is 2.74. The minimum absolute atomic E-state index is 0.0825. The van der Waals surface area contributed by atoms with Crippen molar-refractivity contribution in [2.75, 3.05) is 5.33 Å². The summed E-state index contributed by atoms with van der Waals surface area (Å²) < 4.78 is 4.26. The Morgan fingerprint density at radius 1 is 1.70 bits per heavy atom. The van der Waals surface area contributed by atoms with E-state index in [1.54, 1.807) is 0 Å². The number of hydrogen-bond acceptors (Lipinski definition) is 1. The normalized spacial score (nSPS) is 16.9. The molecule has 0 saturated heterocycles. The Hall–Kier alpha value is 0.230. The average Bonchev–Trinajstić information content (AvgIpc) is 2.04. The van der Waals surface area contributed by atoms with Crippen LogP contribution in [0, 0.1) is 0 Å². The third-order valence-corrected chi connectivity index (χ3v) is 3.64. The SMILES string of the molecule is O=CC1=C(CBr)C=IC=C1. The van der Waals surface area contributed by atoms with E-state index in [0.29, 0.717) is 0 Å². The van der Waals surface area contributed by atoms with Gasteiger partial charge in [-0.15, -0.1) is 0 Å². The third kappa shape index (κ3) is 1.85. The lowest BCUT2D eigenvalue weighted by molar-refractivity contribution is -0.104. The Labute approximate surface area is 78.1 Å². The minimum atomic E-state index is 0.0825. The number of hydrogen-bond donors (Lipinski definition) is 0. The minimum Gasteiger partial charge on any atom is -0.298 e. The van der Waals surface area contributed by atoms with E-state index in [4.69, 9.17) is 0 Å². The van der Waals surface area contributed by atoms with E-state index >= 15 is 0 Å². The Balaban J connectivity index is 2.97. The van der Waals surface area contributed by atoms with E-state index in [1.807, 2.05) is 6.08 Å². The smallest absolute Gasteiger partial charge is 0.150 e. The van der Waals surface area contributed by atoms with Crippen molar-refractivity contribution < 1.29 is 4.79 Å². The molecule has 0 bridgehead atoms. The maximum atomic E-state index is 10.4. The summed E-state index contributed by atoms with van der Waals surface area (Å²) in [6, 6.07) is 0. The second-order valence-corrected chi connectivity index (χ2v) is 4.38. The van der Waals surface area contributed by atoms with Crippen LogP contribution in [0.25, 0.3) is 0 Å². The molecular formula is C7H6BrIO. The van der Waals surface area contributed by atoms with Crippen molar-refractivity contribution in [1.29, 1.82) is 0 Å². The molecule has 1 nitrogen and oxygen atoms in total. The van der Waals surface area contributed by atoms with Crippen LogP contribution >= 0.6 is 36.7 Å². The number of alkyl halides is 1. The quantitative estimate of drug-likeness (QED) is 0.434. The van der Waals surface area contributed by atoms with Gasteiger partial charge in [0.15, 0.2) is 0 Å². The van der Waals surface area contributed by atoms with Crippen LogP contribution in [0.2, 0.25) is 0 Å². The lowest BCUT2D eigenvalue weighted by atomic mass is 10.2. The summed E-state index contributed by atoms with van der Waals surface area (Å²) in [6.07, 6.45) is 2.82. The van der Waals surface area contributed by atoms with E-state index in [2.05, 4.69) is 24.0 Å². The zero-order chi connectivity index (χ0) is 7.40. The lowest BCUT2D eigenvalue weighted by Gasteiger charge is -2.00. The molecule has 0 spiro atoms. The fraction of sp³-hybridized carbons (Fsp3) is 0.143. The van der Waals surface area contributed by atoms with E-state index in [-0.39, 0.29) is 20.7 Å². The highest BCUT2D eigenvalue weighted by atomic mass is 127. The van der Waals surface area contributed by atoms with Crippen LogP contribution < -0.4 is 0 Å². The second-order valence-electron chi connectivity index (χ2n) is 1.76. The molecule has 0 radical (unpaired) electrons. The molecular weight excluding hydrogens is 307 g/mol. The summed E-state index contributed by atoms with van der Waals surface area (Å²) in [5.74, 6) is 0. The summed E-state index contributed by atoms with van der Waals surface area (Å²) >= 11 is 3.41. The van der Waals surface area contributed by atoms with Gasteiger partial charge in [-0.1, -0.05) is 36.7 Å². The third-order valence-electron chi connectivity index (χ3n) is 1.15. The topological polar surface area (TPSA) is 17.1 Å². The lowest BCUT2D eigenvalue weighted by Crippen LogP contribution is -1.94. The van der Waals surface area contributed by atoms with Crippen LogP contribution in [-0.2, 0) is 4.79 Å². The highest BCUT2D eigenvalue weighted by molar-refractivity contribution is 14.2. The van der Waals surface area contributed by atoms with Gasteiger partial charge in [-0.3, -0.25) is 4.79 Å². The van der Waals surface area contributed by atoms with Crippen LogP contribution in [0.15, 0.2) is 21.3 Å². The summed E-state index contributed by atoms with van der Waals surface area (Å²) in [7, 11) is 0. The van der Waals surface area contributed by atoms with Crippen molar-refractivity contribution in [3.63, 3.8) is 0 Å². The van der Waals surface area contributed by atoms with Gasteiger partial charge in [0.05, 0.1) is 0 Å². The maximum Gasteiger partial charge on any atom is 0.150 e. The summed E-state index contributed by atoms with van der Waals surface area (Å²) in [6.45, 7) is 0. The van der Waals surface area contributed by atoms with Crippen molar-refractivity contribution in [3.8, 4) is 0 Å². The number of rotatable bonds is 2. The Bertz CT molecular complexity index is 228. The number of aldehydes is 1. The monoisotopic (exact) mass is 312 g/mol. The number of carbonyl (C=O) groups excluding carboxylic acids is 1. The molecule has 0 amide bonds. The van der Waals surface area contributed by atoms with Crippen molar-refractivity contribution in [2.45, 2.75) is 0 Å². The van der Waals surface area contributed by atoms with Crippen molar-refractivity contribution >= 4 is 47.0 Å². The van der Waals surface area contributed by atoms with Gasteiger partial charge in [0.1, 0.15) is 6.29 Å². The number of halogens is 2. The van der Waals surface area contributed by atoms with Gasteiger partial charge in [-0.05, 0) is 19.7 Å². The van der Waals surface area contributed by atoms with E-state index in [1.165, 1.54) is 0 Å². The first-order chi connectivity index (χ1) is 4.88. The van der Waals surface area contributed by atoms with Gasteiger partial charge in [0.25, 0.3) is 0 Å². The number of carbonyl (C=O) groups is 1. The molecule has 3 heteroatoms. The van der Waals surface area contributed by atoms with E-state index in [0.717, 1.165) is 22.8 Å². The predicted molar refractivity (Wildman–Crippen MR) is 56.1 cm³/mol. The van der Waals surface area contributed by atoms with Crippen molar-refractivity contribution in [1.82, 2.24) is 0 Å². The van der Waals surface area contributed by atoms with Gasteiger partial charge >= 0.3 is 0 Å². The summed E-state index contributed by atoms with van der Waals surface area (Å²) in [5.41, 5.74) is 1.97. The molecule has 1 aliphatic heterocycles. The molecule has 54 valence electrons. The van der Waals surface area contributed by atoms with Crippen LogP contribution in [0.4, 0.5) is 0 Å². The van der Waals surface area contributed by atoms with Crippen LogP contribution in [0.3, 0.4) is 0 Å². The standard InChI is InChI=1S/C7H6BrIO/c8-3-7-4-9-2-1-6(7)5-10/h1-2,4-5H,3H2. The molecule has 0 unspecified atom stereocenters. The Morgan fingerprint density at radius 3 is 3.00 bits per heavy atom. The molecule has 0 aromatic carbocycles. The molecule has 0 aliphatic carbocycles. The van der Waals surface area contributed by atoms with Crippen LogP contribution in [0.5, 0.6) is 0 Å². The van der Waals surface area contributed by atoms with E-state index < -0.39 is 0 Å². The van der Waals surface area contributed by atoms with Gasteiger partial charge < -0.3 is 0 Å². The zero-order valence-electron chi connectivity index (χ0n) is 5.18. The van der Waals surface area contributed by atoms with Crippen LogP contribution in [0.1, 0.15) is 0 Å². The average molecular weight is 313 g/mol. The second kappa shape index (κ2) is 4.18. The van der Waals surface area contributed by atoms with Gasteiger partial charge in [-0.25, -0.2) is 0 Å². The molecule has 1 heterocycles. The first-order valence-corrected chi connectivity index (χ1v) is 6.36. The molecule has 0 N–H and O–H groups in total. The van der Waals surface area contributed by atoms with Gasteiger partial charge in [0.2, 0.25) is 0 Å². The van der Waals surface area contributed by atoms with Gasteiger partial charge in [0, 0.05) is 10.9 Å². The van der Waals surface area contributed by atoms with E-state index in [9.17, 15) is 4.79 Å². The van der Waals surface area contributed by atoms with Crippen molar-refractivity contribution in [2.24, 2.45) is 0 Å². The Morgan fingerprint density at radius 2 is 2.50 bits per heavy atom. The molecule has 0 fully saturated rings. The molecule has 0 saturated carbocycles. The zero-order valence-corrected chi connectivity index (χ0v) is 8.92. The summed E-state index contributed by atoms with van der Waals surface area (Å²) in [4.78, 5) is 10.4. The molecule has 0 aromatic rings.